The van der Waals surface area contributed by atoms with Gasteiger partial charge >= 0.3 is 24.3 Å². The summed E-state index contributed by atoms with van der Waals surface area (Å²) in [4.78, 5) is 30.2. The number of hydrogen-bond acceptors (Lipinski definition) is 4. The number of amides is 3. The minimum absolute atomic E-state index is 0.127. The SMILES string of the molecule is O=C1NC[C@@H](C(=O)[NH2+]C(c2cnc(C(F)(F)F)c(Cl)c2)c2ccc(F)c(C(F)(F)F)n2)N1. The predicted octanol–water partition coefficient (Wildman–Crippen LogP) is 2.17. The molecule has 1 saturated heterocycles. The highest BCUT2D eigenvalue weighted by molar-refractivity contribution is 6.31. The number of carbonyl (C=O) groups is 2. The van der Waals surface area contributed by atoms with E-state index in [9.17, 15) is 40.3 Å². The Morgan fingerprint density at radius 1 is 1.16 bits per heavy atom. The van der Waals surface area contributed by atoms with Crippen molar-refractivity contribution in [2.75, 3.05) is 6.54 Å². The molecule has 0 aliphatic carbocycles. The number of pyridine rings is 2. The van der Waals surface area contributed by atoms with Gasteiger partial charge in [0, 0.05) is 11.8 Å². The lowest BCUT2D eigenvalue weighted by Crippen LogP contribution is -2.92. The Hall–Kier alpha value is -3.00. The van der Waals surface area contributed by atoms with Crippen molar-refractivity contribution in [3.8, 4) is 0 Å². The summed E-state index contributed by atoms with van der Waals surface area (Å²) in [6.07, 6.45) is -9.40. The van der Waals surface area contributed by atoms with E-state index < -0.39 is 64.3 Å². The number of rotatable bonds is 4. The summed E-state index contributed by atoms with van der Waals surface area (Å²) in [5.74, 6) is -2.45. The minimum atomic E-state index is -5.17. The first kappa shape index (κ1) is 23.7. The number of aromatic nitrogens is 2. The van der Waals surface area contributed by atoms with Crippen LogP contribution < -0.4 is 16.0 Å². The molecule has 0 saturated carbocycles. The molecule has 0 radical (unpaired) electrons. The highest BCUT2D eigenvalue weighted by Gasteiger charge is 2.40. The van der Waals surface area contributed by atoms with Crippen LogP contribution in [-0.4, -0.2) is 34.5 Å². The third kappa shape index (κ3) is 5.07. The van der Waals surface area contributed by atoms with Crippen LogP contribution in [0.15, 0.2) is 24.4 Å². The van der Waals surface area contributed by atoms with Crippen LogP contribution in [0, 0.1) is 5.82 Å². The van der Waals surface area contributed by atoms with Crippen molar-refractivity contribution in [1.29, 1.82) is 0 Å². The molecule has 0 aromatic carbocycles. The number of alkyl halides is 6. The summed E-state index contributed by atoms with van der Waals surface area (Å²) in [6, 6.07) is -1.13. The second kappa shape index (κ2) is 8.50. The van der Waals surface area contributed by atoms with E-state index in [-0.39, 0.29) is 12.1 Å². The topological polar surface area (TPSA) is 101 Å². The van der Waals surface area contributed by atoms with Crippen LogP contribution in [-0.2, 0) is 17.1 Å². The van der Waals surface area contributed by atoms with Crippen molar-refractivity contribution in [2.45, 2.75) is 24.4 Å². The fourth-order valence-corrected chi connectivity index (χ4v) is 3.20. The quantitative estimate of drug-likeness (QED) is 0.577. The molecule has 3 heterocycles. The van der Waals surface area contributed by atoms with Crippen molar-refractivity contribution in [3.05, 3.63) is 57.9 Å². The van der Waals surface area contributed by atoms with Gasteiger partial charge in [-0.15, -0.1) is 0 Å². The van der Waals surface area contributed by atoms with E-state index in [4.69, 9.17) is 11.6 Å². The van der Waals surface area contributed by atoms with E-state index in [1.165, 1.54) is 0 Å². The maximum absolute atomic E-state index is 13.7. The third-order valence-corrected chi connectivity index (χ3v) is 4.68. The second-order valence-corrected chi connectivity index (χ2v) is 7.02. The maximum Gasteiger partial charge on any atom is 0.436 e. The molecule has 2 aromatic rings. The molecule has 2 atom stereocenters. The molecule has 1 unspecified atom stereocenters. The molecule has 2 aromatic heterocycles. The largest absolute Gasteiger partial charge is 0.436 e. The molecule has 0 bridgehead atoms. The number of carbonyl (C=O) groups excluding carboxylic acids is 2. The Kier molecular flexibility index (Phi) is 6.29. The van der Waals surface area contributed by atoms with Crippen molar-refractivity contribution in [2.24, 2.45) is 0 Å². The highest BCUT2D eigenvalue weighted by atomic mass is 35.5. The highest BCUT2D eigenvalue weighted by Crippen LogP contribution is 2.35. The average molecular weight is 487 g/mol. The fourth-order valence-electron chi connectivity index (χ4n) is 2.92. The number of primary amides is 1. The van der Waals surface area contributed by atoms with Crippen molar-refractivity contribution in [3.63, 3.8) is 0 Å². The minimum Gasteiger partial charge on any atom is -0.335 e. The zero-order valence-electron chi connectivity index (χ0n) is 15.5. The Labute approximate surface area is 179 Å². The second-order valence-electron chi connectivity index (χ2n) is 6.61. The molecule has 0 spiro atoms. The molecule has 32 heavy (non-hydrogen) atoms. The molecule has 15 heteroatoms. The summed E-state index contributed by atoms with van der Waals surface area (Å²) in [5, 5.41) is 4.56. The third-order valence-electron chi connectivity index (χ3n) is 4.39. The molecule has 1 fully saturated rings. The van der Waals surface area contributed by atoms with E-state index >= 15 is 0 Å². The number of halogens is 8. The monoisotopic (exact) mass is 486 g/mol. The summed E-state index contributed by atoms with van der Waals surface area (Å²) < 4.78 is 91.8. The van der Waals surface area contributed by atoms with E-state index in [1.807, 2.05) is 0 Å². The van der Waals surface area contributed by atoms with Gasteiger partial charge in [0.15, 0.2) is 29.3 Å². The van der Waals surface area contributed by atoms with Gasteiger partial charge in [-0.05, 0) is 18.2 Å². The molecular weight excluding hydrogens is 475 g/mol. The number of quaternary nitrogens is 1. The van der Waals surface area contributed by atoms with Crippen LogP contribution in [0.5, 0.6) is 0 Å². The van der Waals surface area contributed by atoms with Crippen LogP contribution in [0.25, 0.3) is 0 Å². The Bertz CT molecular complexity index is 1060. The predicted molar refractivity (Wildman–Crippen MR) is 92.5 cm³/mol. The van der Waals surface area contributed by atoms with Gasteiger partial charge in [-0.3, -0.25) is 5.32 Å². The van der Waals surface area contributed by atoms with E-state index in [2.05, 4.69) is 20.6 Å². The average Bonchev–Trinajstić information content (AvgIpc) is 3.11. The molecule has 1 aliphatic rings. The molecule has 3 amide bonds. The Balaban J connectivity index is 2.05. The first-order valence-corrected chi connectivity index (χ1v) is 9.04. The molecule has 3 rings (SSSR count). The van der Waals surface area contributed by atoms with Gasteiger partial charge in [0.25, 0.3) is 0 Å². The number of nitrogens with two attached hydrogens (primary N) is 1. The van der Waals surface area contributed by atoms with Gasteiger partial charge in [-0.1, -0.05) is 11.6 Å². The van der Waals surface area contributed by atoms with E-state index in [0.29, 0.717) is 12.3 Å². The van der Waals surface area contributed by atoms with Gasteiger partial charge in [0.1, 0.15) is 5.69 Å². The Morgan fingerprint density at radius 3 is 2.34 bits per heavy atom. The van der Waals surface area contributed by atoms with Crippen LogP contribution in [0.3, 0.4) is 0 Å². The summed E-state index contributed by atoms with van der Waals surface area (Å²) in [5.41, 5.74) is -4.02. The van der Waals surface area contributed by atoms with E-state index in [0.717, 1.165) is 17.4 Å². The van der Waals surface area contributed by atoms with Crippen LogP contribution in [0.4, 0.5) is 35.5 Å². The van der Waals surface area contributed by atoms with Crippen LogP contribution >= 0.6 is 11.6 Å². The normalized spacial score (nSPS) is 17.6. The summed E-state index contributed by atoms with van der Waals surface area (Å²) in [7, 11) is 0. The molecular formula is C17H12ClF7N5O2+. The summed E-state index contributed by atoms with van der Waals surface area (Å²) in [6.45, 7) is -0.127. The van der Waals surface area contributed by atoms with Crippen molar-refractivity contribution < 1.29 is 45.6 Å². The zero-order valence-corrected chi connectivity index (χ0v) is 16.2. The van der Waals surface area contributed by atoms with Gasteiger partial charge in [0.05, 0.1) is 11.6 Å². The van der Waals surface area contributed by atoms with Crippen molar-refractivity contribution in [1.82, 2.24) is 20.6 Å². The number of nitrogens with one attached hydrogen (secondary N) is 2. The van der Waals surface area contributed by atoms with Crippen LogP contribution in [0.1, 0.15) is 28.7 Å². The molecule has 172 valence electrons. The first-order chi connectivity index (χ1) is 14.8. The lowest BCUT2D eigenvalue weighted by atomic mass is 10.0. The zero-order chi connectivity index (χ0) is 23.8. The number of urea groups is 1. The number of hydrogen-bond donors (Lipinski definition) is 3. The lowest BCUT2D eigenvalue weighted by Gasteiger charge is -2.18. The van der Waals surface area contributed by atoms with Gasteiger partial charge in [0.2, 0.25) is 0 Å². The standard InChI is InChI=1S/C17H11ClF7N5O2/c18-7-3-6(4-26-12(7)16(20,21)22)11(30-14(31)10-5-27-15(32)29-10)9-2-1-8(19)13(28-9)17(23,24)25/h1-4,10-11H,5H2,(H,30,31)(H2,27,29,32)/p+1/t10-,11?/m0/s1. The lowest BCUT2D eigenvalue weighted by molar-refractivity contribution is -0.604. The van der Waals surface area contributed by atoms with E-state index in [1.54, 1.807) is 0 Å². The fraction of sp³-hybridized carbons (Fsp3) is 0.294. The Morgan fingerprint density at radius 2 is 1.81 bits per heavy atom. The van der Waals surface area contributed by atoms with Crippen molar-refractivity contribution >= 4 is 23.5 Å². The molecule has 7 nitrogen and oxygen atoms in total. The van der Waals surface area contributed by atoms with Gasteiger partial charge in [-0.25, -0.2) is 23.9 Å². The summed E-state index contributed by atoms with van der Waals surface area (Å²) >= 11 is 5.65. The molecule has 1 aliphatic heterocycles. The maximum atomic E-state index is 13.7. The smallest absolute Gasteiger partial charge is 0.335 e. The van der Waals surface area contributed by atoms with Crippen LogP contribution in [0.2, 0.25) is 5.02 Å². The number of nitrogens with zero attached hydrogens (tertiary/aromatic N) is 2. The molecule has 4 N–H and O–H groups in total. The van der Waals surface area contributed by atoms with Gasteiger partial charge < -0.3 is 10.6 Å². The first-order valence-electron chi connectivity index (χ1n) is 8.66. The van der Waals surface area contributed by atoms with Gasteiger partial charge in [-0.2, -0.15) is 26.3 Å².